The molecule has 6 heteroatoms. The van der Waals surface area contributed by atoms with Crippen molar-refractivity contribution in [1.29, 1.82) is 0 Å². The van der Waals surface area contributed by atoms with E-state index in [-0.39, 0.29) is 12.3 Å². The first-order valence-electron chi connectivity index (χ1n) is 5.64. The second-order valence-electron chi connectivity index (χ2n) is 4.15. The summed E-state index contributed by atoms with van der Waals surface area (Å²) in [6, 6.07) is 2.83. The zero-order valence-electron chi connectivity index (χ0n) is 9.90. The van der Waals surface area contributed by atoms with E-state index in [0.717, 1.165) is 5.56 Å². The maximum atomic E-state index is 11.9. The average molecular weight is 247 g/mol. The maximum absolute atomic E-state index is 11.9. The number of nitrogens with one attached hydrogen (secondary N) is 2. The van der Waals surface area contributed by atoms with E-state index in [4.69, 9.17) is 0 Å². The van der Waals surface area contributed by atoms with E-state index in [2.05, 4.69) is 15.6 Å². The molecular weight excluding hydrogens is 234 g/mol. The molecule has 1 fully saturated rings. The molecular formula is C12H13N3O3. The molecule has 0 aromatic carbocycles. The van der Waals surface area contributed by atoms with E-state index in [0.29, 0.717) is 12.1 Å². The Bertz CT molecular complexity index is 513. The monoisotopic (exact) mass is 247 g/mol. The Morgan fingerprint density at radius 3 is 2.94 bits per heavy atom. The minimum absolute atomic E-state index is 0.234. The number of amides is 3. The van der Waals surface area contributed by atoms with E-state index in [1.807, 2.05) is 0 Å². The SMILES string of the molecule is Cc1cccnc1C(=O)NC1CCC(=O)NC1=O. The second-order valence-corrected chi connectivity index (χ2v) is 4.15. The predicted molar refractivity (Wildman–Crippen MR) is 62.6 cm³/mol. The minimum atomic E-state index is -0.670. The zero-order chi connectivity index (χ0) is 13.1. The van der Waals surface area contributed by atoms with Crippen LogP contribution in [-0.4, -0.2) is 28.7 Å². The molecule has 0 spiro atoms. The van der Waals surface area contributed by atoms with Crippen molar-refractivity contribution in [1.82, 2.24) is 15.6 Å². The smallest absolute Gasteiger partial charge is 0.270 e. The Morgan fingerprint density at radius 2 is 2.28 bits per heavy atom. The molecule has 1 unspecified atom stereocenters. The molecule has 0 bridgehead atoms. The molecule has 1 aromatic heterocycles. The molecule has 0 saturated carbocycles. The molecule has 0 aliphatic carbocycles. The predicted octanol–water partition coefficient (Wildman–Crippen LogP) is -0.0750. The number of hydrogen-bond acceptors (Lipinski definition) is 4. The lowest BCUT2D eigenvalue weighted by Crippen LogP contribution is -2.52. The van der Waals surface area contributed by atoms with Gasteiger partial charge in [0.25, 0.3) is 5.91 Å². The molecule has 3 amide bonds. The molecule has 1 aromatic rings. The van der Waals surface area contributed by atoms with Crippen LogP contribution in [0.5, 0.6) is 0 Å². The first-order valence-corrected chi connectivity index (χ1v) is 5.64. The number of carbonyl (C=O) groups excluding carboxylic acids is 3. The van der Waals surface area contributed by atoms with Crippen LogP contribution in [0.15, 0.2) is 18.3 Å². The number of aryl methyl sites for hydroxylation is 1. The van der Waals surface area contributed by atoms with Gasteiger partial charge in [-0.05, 0) is 25.0 Å². The molecule has 2 N–H and O–H groups in total. The van der Waals surface area contributed by atoms with Gasteiger partial charge in [0.05, 0.1) is 0 Å². The maximum Gasteiger partial charge on any atom is 0.270 e. The third kappa shape index (κ3) is 2.53. The van der Waals surface area contributed by atoms with E-state index in [9.17, 15) is 14.4 Å². The quantitative estimate of drug-likeness (QED) is 0.716. The molecule has 0 radical (unpaired) electrons. The summed E-state index contributed by atoms with van der Waals surface area (Å²) in [5, 5.41) is 4.77. The van der Waals surface area contributed by atoms with Crippen LogP contribution in [-0.2, 0) is 9.59 Å². The third-order valence-corrected chi connectivity index (χ3v) is 2.77. The van der Waals surface area contributed by atoms with Crippen LogP contribution in [0.3, 0.4) is 0 Å². The van der Waals surface area contributed by atoms with Crippen LogP contribution >= 0.6 is 0 Å². The highest BCUT2D eigenvalue weighted by molar-refractivity contribution is 6.03. The van der Waals surface area contributed by atoms with Crippen molar-refractivity contribution >= 4 is 17.7 Å². The lowest BCUT2D eigenvalue weighted by atomic mass is 10.1. The van der Waals surface area contributed by atoms with Gasteiger partial charge in [-0.15, -0.1) is 0 Å². The molecule has 2 rings (SSSR count). The summed E-state index contributed by atoms with van der Waals surface area (Å²) in [4.78, 5) is 38.4. The summed E-state index contributed by atoms with van der Waals surface area (Å²) in [7, 11) is 0. The number of hydrogen-bond donors (Lipinski definition) is 2. The summed E-state index contributed by atoms with van der Waals surface area (Å²) in [6.45, 7) is 1.77. The van der Waals surface area contributed by atoms with Crippen molar-refractivity contribution in [3.8, 4) is 0 Å². The largest absolute Gasteiger partial charge is 0.339 e. The van der Waals surface area contributed by atoms with Gasteiger partial charge in [-0.25, -0.2) is 0 Å². The van der Waals surface area contributed by atoms with Crippen LogP contribution in [0.25, 0.3) is 0 Å². The number of rotatable bonds is 2. The summed E-state index contributed by atoms with van der Waals surface area (Å²) >= 11 is 0. The lowest BCUT2D eigenvalue weighted by molar-refractivity contribution is -0.134. The normalized spacial score (nSPS) is 19.3. The fourth-order valence-electron chi connectivity index (χ4n) is 1.78. The average Bonchev–Trinajstić information content (AvgIpc) is 2.33. The van der Waals surface area contributed by atoms with Gasteiger partial charge in [0.2, 0.25) is 11.8 Å². The molecule has 1 aliphatic rings. The molecule has 94 valence electrons. The molecule has 1 atom stereocenters. The summed E-state index contributed by atoms with van der Waals surface area (Å²) in [5.74, 6) is -1.17. The van der Waals surface area contributed by atoms with E-state index in [1.165, 1.54) is 6.20 Å². The van der Waals surface area contributed by atoms with Gasteiger partial charge >= 0.3 is 0 Å². The van der Waals surface area contributed by atoms with Crippen LogP contribution in [0.2, 0.25) is 0 Å². The molecule has 1 saturated heterocycles. The lowest BCUT2D eigenvalue weighted by Gasteiger charge is -2.21. The first-order chi connectivity index (χ1) is 8.58. The minimum Gasteiger partial charge on any atom is -0.339 e. The Labute approximate surface area is 104 Å². The van der Waals surface area contributed by atoms with Crippen molar-refractivity contribution in [2.75, 3.05) is 0 Å². The highest BCUT2D eigenvalue weighted by atomic mass is 16.2. The third-order valence-electron chi connectivity index (χ3n) is 2.77. The van der Waals surface area contributed by atoms with E-state index in [1.54, 1.807) is 19.1 Å². The molecule has 1 aliphatic heterocycles. The van der Waals surface area contributed by atoms with Gasteiger partial charge in [-0.2, -0.15) is 0 Å². The van der Waals surface area contributed by atoms with Crippen molar-refractivity contribution in [2.24, 2.45) is 0 Å². The highest BCUT2D eigenvalue weighted by Crippen LogP contribution is 2.07. The van der Waals surface area contributed by atoms with Crippen molar-refractivity contribution in [2.45, 2.75) is 25.8 Å². The standard InChI is InChI=1S/C12H13N3O3/c1-7-3-2-6-13-10(7)12(18)14-8-4-5-9(16)15-11(8)17/h2-3,6,8H,4-5H2,1H3,(H,14,18)(H,15,16,17). The summed E-state index contributed by atoms with van der Waals surface area (Å²) < 4.78 is 0. The van der Waals surface area contributed by atoms with Gasteiger partial charge < -0.3 is 5.32 Å². The zero-order valence-corrected chi connectivity index (χ0v) is 9.90. The summed E-state index contributed by atoms with van der Waals surface area (Å²) in [5.41, 5.74) is 1.03. The molecule has 18 heavy (non-hydrogen) atoms. The number of piperidine rings is 1. The van der Waals surface area contributed by atoms with Crippen molar-refractivity contribution in [3.05, 3.63) is 29.6 Å². The van der Waals surface area contributed by atoms with Crippen LogP contribution < -0.4 is 10.6 Å². The van der Waals surface area contributed by atoms with Gasteiger partial charge in [0, 0.05) is 12.6 Å². The van der Waals surface area contributed by atoms with Gasteiger partial charge in [-0.1, -0.05) is 6.07 Å². The number of aromatic nitrogens is 1. The Hall–Kier alpha value is -2.24. The second kappa shape index (κ2) is 4.95. The fourth-order valence-corrected chi connectivity index (χ4v) is 1.78. The molecule has 2 heterocycles. The first kappa shape index (κ1) is 12.2. The van der Waals surface area contributed by atoms with Crippen LogP contribution in [0, 0.1) is 6.92 Å². The Balaban J connectivity index is 2.06. The number of nitrogens with zero attached hydrogens (tertiary/aromatic N) is 1. The van der Waals surface area contributed by atoms with Crippen molar-refractivity contribution in [3.63, 3.8) is 0 Å². The van der Waals surface area contributed by atoms with Gasteiger partial charge in [0.15, 0.2) is 0 Å². The van der Waals surface area contributed by atoms with Crippen LogP contribution in [0.4, 0.5) is 0 Å². The number of imide groups is 1. The van der Waals surface area contributed by atoms with Crippen LogP contribution in [0.1, 0.15) is 28.9 Å². The van der Waals surface area contributed by atoms with E-state index < -0.39 is 17.9 Å². The Kier molecular flexibility index (Phi) is 3.36. The summed E-state index contributed by atoms with van der Waals surface area (Å²) in [6.07, 6.45) is 2.08. The highest BCUT2D eigenvalue weighted by Gasteiger charge is 2.28. The van der Waals surface area contributed by atoms with Gasteiger partial charge in [0.1, 0.15) is 11.7 Å². The van der Waals surface area contributed by atoms with Gasteiger partial charge in [-0.3, -0.25) is 24.7 Å². The Morgan fingerprint density at radius 1 is 1.50 bits per heavy atom. The van der Waals surface area contributed by atoms with E-state index >= 15 is 0 Å². The topological polar surface area (TPSA) is 88.2 Å². The number of carbonyl (C=O) groups is 3. The molecule has 6 nitrogen and oxygen atoms in total. The fraction of sp³-hybridized carbons (Fsp3) is 0.333. The van der Waals surface area contributed by atoms with Crippen molar-refractivity contribution < 1.29 is 14.4 Å². The number of pyridine rings is 1.